The third kappa shape index (κ3) is 4.64. The average Bonchev–Trinajstić information content (AvgIpc) is 2.29. The summed E-state index contributed by atoms with van der Waals surface area (Å²) in [7, 11) is 0. The molecule has 1 unspecified atom stereocenters. The number of halogens is 1. The molecule has 0 aliphatic carbocycles. The first-order valence-electron chi connectivity index (χ1n) is 5.85. The lowest BCUT2D eigenvalue weighted by atomic mass is 10.1. The van der Waals surface area contributed by atoms with E-state index in [-0.39, 0.29) is 6.10 Å². The van der Waals surface area contributed by atoms with Gasteiger partial charge in [-0.15, -0.1) is 0 Å². The summed E-state index contributed by atoms with van der Waals surface area (Å²) in [5, 5.41) is 3.33. The van der Waals surface area contributed by atoms with Gasteiger partial charge in [0.1, 0.15) is 0 Å². The minimum Gasteiger partial charge on any atom is -0.372 e. The van der Waals surface area contributed by atoms with Crippen LogP contribution in [0.2, 0.25) is 0 Å². The topological polar surface area (TPSA) is 21.3 Å². The van der Waals surface area contributed by atoms with Gasteiger partial charge in [0.25, 0.3) is 0 Å². The monoisotopic (exact) mass is 285 g/mol. The molecule has 0 amide bonds. The molecule has 90 valence electrons. The van der Waals surface area contributed by atoms with Gasteiger partial charge in [0, 0.05) is 17.6 Å². The van der Waals surface area contributed by atoms with Crippen LogP contribution in [-0.4, -0.2) is 19.7 Å². The first-order valence-corrected chi connectivity index (χ1v) is 6.65. The molecular formula is C13H20BrNO. The van der Waals surface area contributed by atoms with Crippen molar-refractivity contribution in [3.05, 3.63) is 34.3 Å². The maximum Gasteiger partial charge on any atom is 0.0949 e. The van der Waals surface area contributed by atoms with Crippen LogP contribution in [0, 0.1) is 0 Å². The molecule has 2 nitrogen and oxygen atoms in total. The molecule has 0 radical (unpaired) electrons. The molecule has 0 aromatic heterocycles. The van der Waals surface area contributed by atoms with Crippen molar-refractivity contribution in [2.45, 2.75) is 26.4 Å². The van der Waals surface area contributed by atoms with E-state index in [1.54, 1.807) is 0 Å². The van der Waals surface area contributed by atoms with Gasteiger partial charge in [0.05, 0.1) is 6.10 Å². The summed E-state index contributed by atoms with van der Waals surface area (Å²) in [6, 6.07) is 8.32. The molecule has 0 saturated heterocycles. The van der Waals surface area contributed by atoms with Crippen LogP contribution >= 0.6 is 15.9 Å². The highest BCUT2D eigenvalue weighted by molar-refractivity contribution is 9.10. The zero-order valence-electron chi connectivity index (χ0n) is 10.0. The van der Waals surface area contributed by atoms with Gasteiger partial charge >= 0.3 is 0 Å². The van der Waals surface area contributed by atoms with Crippen molar-refractivity contribution >= 4 is 15.9 Å². The van der Waals surface area contributed by atoms with E-state index < -0.39 is 0 Å². The predicted octanol–water partition coefficient (Wildman–Crippen LogP) is 3.53. The van der Waals surface area contributed by atoms with Crippen LogP contribution in [0.4, 0.5) is 0 Å². The largest absolute Gasteiger partial charge is 0.372 e. The summed E-state index contributed by atoms with van der Waals surface area (Å²) < 4.78 is 6.95. The Morgan fingerprint density at radius 3 is 2.81 bits per heavy atom. The third-order valence-electron chi connectivity index (χ3n) is 2.32. The normalized spacial score (nSPS) is 12.7. The molecule has 1 aromatic carbocycles. The van der Waals surface area contributed by atoms with Gasteiger partial charge in [-0.05, 0) is 30.7 Å². The minimum absolute atomic E-state index is 0.150. The Labute approximate surface area is 107 Å². The smallest absolute Gasteiger partial charge is 0.0949 e. The summed E-state index contributed by atoms with van der Waals surface area (Å²) in [6.07, 6.45) is 1.20. The van der Waals surface area contributed by atoms with Crippen LogP contribution in [0.25, 0.3) is 0 Å². The molecule has 1 rings (SSSR count). The number of benzene rings is 1. The van der Waals surface area contributed by atoms with Gasteiger partial charge in [-0.2, -0.15) is 0 Å². The molecular weight excluding hydrogens is 266 g/mol. The highest BCUT2D eigenvalue weighted by Crippen LogP contribution is 2.20. The van der Waals surface area contributed by atoms with Gasteiger partial charge < -0.3 is 10.1 Å². The van der Waals surface area contributed by atoms with E-state index in [1.807, 2.05) is 12.1 Å². The maximum atomic E-state index is 5.85. The molecule has 0 bridgehead atoms. The lowest BCUT2D eigenvalue weighted by Crippen LogP contribution is -2.23. The summed E-state index contributed by atoms with van der Waals surface area (Å²) in [4.78, 5) is 0. The quantitative estimate of drug-likeness (QED) is 0.828. The van der Waals surface area contributed by atoms with Crippen LogP contribution in [-0.2, 0) is 4.74 Å². The molecule has 1 aromatic rings. The second kappa shape index (κ2) is 7.82. The van der Waals surface area contributed by atoms with E-state index in [4.69, 9.17) is 4.74 Å². The van der Waals surface area contributed by atoms with Gasteiger partial charge in [-0.25, -0.2) is 0 Å². The molecule has 3 heteroatoms. The first kappa shape index (κ1) is 13.7. The average molecular weight is 286 g/mol. The lowest BCUT2D eigenvalue weighted by Gasteiger charge is -2.18. The fourth-order valence-electron chi connectivity index (χ4n) is 1.52. The van der Waals surface area contributed by atoms with Gasteiger partial charge in [0.2, 0.25) is 0 Å². The van der Waals surface area contributed by atoms with E-state index in [0.717, 1.165) is 30.6 Å². The van der Waals surface area contributed by atoms with E-state index >= 15 is 0 Å². The highest BCUT2D eigenvalue weighted by Gasteiger charge is 2.11. The highest BCUT2D eigenvalue weighted by atomic mass is 79.9. The summed E-state index contributed by atoms with van der Waals surface area (Å²) >= 11 is 3.49. The second-order valence-electron chi connectivity index (χ2n) is 3.72. The zero-order valence-corrected chi connectivity index (χ0v) is 11.6. The predicted molar refractivity (Wildman–Crippen MR) is 71.7 cm³/mol. The summed E-state index contributed by atoms with van der Waals surface area (Å²) in [6.45, 7) is 6.89. The van der Waals surface area contributed by atoms with Gasteiger partial charge in [-0.1, -0.05) is 41.9 Å². The van der Waals surface area contributed by atoms with Crippen LogP contribution < -0.4 is 5.32 Å². The number of rotatable bonds is 7. The Morgan fingerprint density at radius 2 is 2.19 bits per heavy atom. The number of nitrogens with one attached hydrogen (secondary N) is 1. The Kier molecular flexibility index (Phi) is 6.69. The maximum absolute atomic E-state index is 5.85. The van der Waals surface area contributed by atoms with E-state index in [1.165, 1.54) is 5.56 Å². The summed E-state index contributed by atoms with van der Waals surface area (Å²) in [5.41, 5.74) is 1.23. The molecule has 16 heavy (non-hydrogen) atoms. The molecule has 1 N–H and O–H groups in total. The number of hydrogen-bond acceptors (Lipinski definition) is 2. The lowest BCUT2D eigenvalue weighted by molar-refractivity contribution is 0.0533. The van der Waals surface area contributed by atoms with Crippen LogP contribution in [0.3, 0.4) is 0 Å². The van der Waals surface area contributed by atoms with Crippen molar-refractivity contribution in [1.29, 1.82) is 0 Å². The second-order valence-corrected chi connectivity index (χ2v) is 4.64. The van der Waals surface area contributed by atoms with Crippen molar-refractivity contribution in [3.8, 4) is 0 Å². The molecule has 0 saturated carbocycles. The van der Waals surface area contributed by atoms with Gasteiger partial charge in [-0.3, -0.25) is 0 Å². The van der Waals surface area contributed by atoms with Crippen LogP contribution in [0.5, 0.6) is 0 Å². The summed E-state index contributed by atoms with van der Waals surface area (Å²) in [5.74, 6) is 0. The van der Waals surface area contributed by atoms with Crippen LogP contribution in [0.1, 0.15) is 31.9 Å². The number of ether oxygens (including phenoxy) is 1. The Morgan fingerprint density at radius 1 is 1.38 bits per heavy atom. The standard InChI is InChI=1S/C13H20BrNO/c1-3-8-16-13(10-15-4-2)11-6-5-7-12(14)9-11/h5-7,9,13,15H,3-4,8,10H2,1-2H3. The van der Waals surface area contributed by atoms with Crippen molar-refractivity contribution in [1.82, 2.24) is 5.32 Å². The Bertz CT molecular complexity index is 296. The fourth-order valence-corrected chi connectivity index (χ4v) is 1.93. The molecule has 0 heterocycles. The molecule has 0 spiro atoms. The van der Waals surface area contributed by atoms with Crippen molar-refractivity contribution < 1.29 is 4.74 Å². The van der Waals surface area contributed by atoms with Crippen molar-refractivity contribution in [2.24, 2.45) is 0 Å². The van der Waals surface area contributed by atoms with Crippen LogP contribution in [0.15, 0.2) is 28.7 Å². The van der Waals surface area contributed by atoms with Gasteiger partial charge in [0.15, 0.2) is 0 Å². The van der Waals surface area contributed by atoms with Crippen molar-refractivity contribution in [3.63, 3.8) is 0 Å². The zero-order chi connectivity index (χ0) is 11.8. The van der Waals surface area contributed by atoms with E-state index in [9.17, 15) is 0 Å². The number of hydrogen-bond donors (Lipinski definition) is 1. The van der Waals surface area contributed by atoms with Crippen molar-refractivity contribution in [2.75, 3.05) is 19.7 Å². The number of likely N-dealkylation sites (N-methyl/N-ethyl adjacent to an activating group) is 1. The third-order valence-corrected chi connectivity index (χ3v) is 2.82. The molecule has 1 atom stereocenters. The fraction of sp³-hybridized carbons (Fsp3) is 0.538. The Hall–Kier alpha value is -0.380. The SMILES string of the molecule is CCCOC(CNCC)c1cccc(Br)c1. The van der Waals surface area contributed by atoms with E-state index in [0.29, 0.717) is 0 Å². The molecule has 0 aliphatic rings. The Balaban J connectivity index is 2.66. The molecule has 0 fully saturated rings. The minimum atomic E-state index is 0.150. The molecule has 0 aliphatic heterocycles. The first-order chi connectivity index (χ1) is 7.77. The van der Waals surface area contributed by atoms with E-state index in [2.05, 4.69) is 47.2 Å².